The Labute approximate surface area is 132 Å². The van der Waals surface area contributed by atoms with Crippen LogP contribution >= 0.6 is 0 Å². The van der Waals surface area contributed by atoms with E-state index in [2.05, 4.69) is 0 Å². The molecule has 0 amide bonds. The molecule has 5 unspecified atom stereocenters. The molecule has 5 atom stereocenters. The molecule has 0 radical (unpaired) electrons. The average Bonchev–Trinajstić information content (AvgIpc) is 2.54. The highest BCUT2D eigenvalue weighted by Gasteiger charge is 2.39. The van der Waals surface area contributed by atoms with Crippen molar-refractivity contribution < 1.29 is 34.6 Å². The monoisotopic (exact) mass is 324 g/mol. The molecule has 0 heterocycles. The van der Waals surface area contributed by atoms with E-state index in [1.807, 2.05) is 0 Å². The van der Waals surface area contributed by atoms with Crippen molar-refractivity contribution in [2.45, 2.75) is 64.1 Å². The van der Waals surface area contributed by atoms with E-state index >= 15 is 0 Å². The van der Waals surface area contributed by atoms with Gasteiger partial charge in [0.2, 0.25) is 0 Å². The van der Waals surface area contributed by atoms with Crippen LogP contribution in [0.25, 0.3) is 0 Å². The van der Waals surface area contributed by atoms with Crippen LogP contribution in [0.15, 0.2) is 0 Å². The summed E-state index contributed by atoms with van der Waals surface area (Å²) < 4.78 is 16.5. The van der Waals surface area contributed by atoms with Gasteiger partial charge < -0.3 is 34.6 Å². The number of aliphatic hydroxyl groups is 4. The molecule has 0 rings (SSSR count). The fraction of sp³-hybridized carbons (Fsp3) is 1.00. The molecule has 0 fully saturated rings. The lowest BCUT2D eigenvalue weighted by Crippen LogP contribution is -2.52. The Kier molecular flexibility index (Phi) is 11.1. The van der Waals surface area contributed by atoms with Crippen LogP contribution in [0, 0.1) is 0 Å². The first-order valence-electron chi connectivity index (χ1n) is 7.76. The van der Waals surface area contributed by atoms with Gasteiger partial charge in [0, 0.05) is 0 Å². The van der Waals surface area contributed by atoms with E-state index in [0.717, 1.165) is 0 Å². The first-order chi connectivity index (χ1) is 10.3. The topological polar surface area (TPSA) is 109 Å². The highest BCUT2D eigenvalue weighted by atomic mass is 16.6. The van der Waals surface area contributed by atoms with Gasteiger partial charge in [0.1, 0.15) is 11.7 Å². The third-order valence-electron chi connectivity index (χ3n) is 3.58. The van der Waals surface area contributed by atoms with E-state index in [1.54, 1.807) is 27.7 Å². The predicted molar refractivity (Wildman–Crippen MR) is 81.7 cm³/mol. The molecule has 0 aliphatic rings. The van der Waals surface area contributed by atoms with Crippen molar-refractivity contribution in [2.24, 2.45) is 0 Å². The van der Waals surface area contributed by atoms with Gasteiger partial charge >= 0.3 is 0 Å². The largest absolute Gasteiger partial charge is 0.394 e. The Morgan fingerprint density at radius 3 is 1.77 bits per heavy atom. The van der Waals surface area contributed by atoms with Crippen LogP contribution in [-0.4, -0.2) is 83.5 Å². The number of aliphatic hydroxyl groups excluding tert-OH is 4. The van der Waals surface area contributed by atoms with Gasteiger partial charge in [-0.25, -0.2) is 0 Å². The maximum absolute atomic E-state index is 10.3. The van der Waals surface area contributed by atoms with Gasteiger partial charge in [-0.05, 0) is 27.2 Å². The van der Waals surface area contributed by atoms with Gasteiger partial charge in [-0.1, -0.05) is 6.92 Å². The predicted octanol–water partition coefficient (Wildman–Crippen LogP) is -0.312. The standard InChI is InChI=1S/C15H32O7/c1-5-15(10-18,14(19)9-21-12(3)7-17)22-13(4)8-20-11(2)6-16/h11-14,16-19H,5-10H2,1-4H3. The van der Waals surface area contributed by atoms with Gasteiger partial charge in [0.15, 0.2) is 0 Å². The Morgan fingerprint density at radius 1 is 0.864 bits per heavy atom. The third kappa shape index (κ3) is 7.32. The second kappa shape index (κ2) is 11.3. The Morgan fingerprint density at radius 2 is 1.36 bits per heavy atom. The average molecular weight is 324 g/mol. The molecule has 0 bridgehead atoms. The van der Waals surface area contributed by atoms with Crippen molar-refractivity contribution in [1.82, 2.24) is 0 Å². The molecule has 0 aliphatic heterocycles. The summed E-state index contributed by atoms with van der Waals surface area (Å²) in [5.74, 6) is 0. The maximum atomic E-state index is 10.3. The molecule has 22 heavy (non-hydrogen) atoms. The van der Waals surface area contributed by atoms with Crippen molar-refractivity contribution >= 4 is 0 Å². The van der Waals surface area contributed by atoms with Crippen molar-refractivity contribution in [3.8, 4) is 0 Å². The molecule has 134 valence electrons. The molecular weight excluding hydrogens is 292 g/mol. The number of rotatable bonds is 13. The molecule has 0 spiro atoms. The Balaban J connectivity index is 4.58. The summed E-state index contributed by atoms with van der Waals surface area (Å²) in [6.07, 6.45) is -1.70. The van der Waals surface area contributed by atoms with Crippen LogP contribution in [0.4, 0.5) is 0 Å². The lowest BCUT2D eigenvalue weighted by molar-refractivity contribution is -0.202. The number of ether oxygens (including phenoxy) is 3. The zero-order valence-corrected chi connectivity index (χ0v) is 14.1. The van der Waals surface area contributed by atoms with Gasteiger partial charge in [0.25, 0.3) is 0 Å². The SMILES string of the molecule is CCC(CO)(OC(C)COC(C)CO)C(O)COC(C)CO. The van der Waals surface area contributed by atoms with Crippen LogP contribution in [0.1, 0.15) is 34.1 Å². The molecule has 0 aromatic heterocycles. The Hall–Kier alpha value is -0.280. The molecule has 0 saturated heterocycles. The van der Waals surface area contributed by atoms with Crippen LogP contribution in [0.3, 0.4) is 0 Å². The summed E-state index contributed by atoms with van der Waals surface area (Å²) in [5, 5.41) is 37.8. The van der Waals surface area contributed by atoms with E-state index in [4.69, 9.17) is 24.4 Å². The lowest BCUT2D eigenvalue weighted by atomic mass is 9.94. The second-order valence-electron chi connectivity index (χ2n) is 5.67. The smallest absolute Gasteiger partial charge is 0.119 e. The highest BCUT2D eigenvalue weighted by molar-refractivity contribution is 4.88. The number of hydrogen-bond acceptors (Lipinski definition) is 7. The molecule has 0 saturated carbocycles. The van der Waals surface area contributed by atoms with Gasteiger partial charge in [0.05, 0.1) is 51.3 Å². The summed E-state index contributed by atoms with van der Waals surface area (Å²) in [6.45, 7) is 6.61. The second-order valence-corrected chi connectivity index (χ2v) is 5.67. The van der Waals surface area contributed by atoms with E-state index in [1.165, 1.54) is 0 Å². The normalized spacial score (nSPS) is 20.2. The quantitative estimate of drug-likeness (QED) is 0.368. The molecule has 7 nitrogen and oxygen atoms in total. The maximum Gasteiger partial charge on any atom is 0.119 e. The molecule has 0 aromatic carbocycles. The summed E-state index contributed by atoms with van der Waals surface area (Å²) in [7, 11) is 0. The van der Waals surface area contributed by atoms with Crippen molar-refractivity contribution in [3.05, 3.63) is 0 Å². The summed E-state index contributed by atoms with van der Waals surface area (Å²) in [5.41, 5.74) is -1.15. The zero-order chi connectivity index (χ0) is 17.2. The highest BCUT2D eigenvalue weighted by Crippen LogP contribution is 2.23. The first kappa shape index (κ1) is 21.7. The minimum atomic E-state index is -1.15. The molecule has 0 aromatic rings. The van der Waals surface area contributed by atoms with Crippen molar-refractivity contribution in [1.29, 1.82) is 0 Å². The number of hydrogen-bond donors (Lipinski definition) is 4. The summed E-state index contributed by atoms with van der Waals surface area (Å²) in [6, 6.07) is 0. The van der Waals surface area contributed by atoms with Crippen LogP contribution in [-0.2, 0) is 14.2 Å². The van der Waals surface area contributed by atoms with Gasteiger partial charge in [-0.2, -0.15) is 0 Å². The molecule has 4 N–H and O–H groups in total. The van der Waals surface area contributed by atoms with Crippen LogP contribution in [0.5, 0.6) is 0 Å². The zero-order valence-electron chi connectivity index (χ0n) is 14.1. The van der Waals surface area contributed by atoms with Gasteiger partial charge in [-0.15, -0.1) is 0 Å². The molecule has 7 heteroatoms. The van der Waals surface area contributed by atoms with E-state index in [0.29, 0.717) is 6.42 Å². The minimum absolute atomic E-state index is 0.0449. The molecule has 0 aliphatic carbocycles. The lowest BCUT2D eigenvalue weighted by Gasteiger charge is -2.38. The van der Waals surface area contributed by atoms with Gasteiger partial charge in [-0.3, -0.25) is 0 Å². The fourth-order valence-corrected chi connectivity index (χ4v) is 1.90. The Bertz CT molecular complexity index is 271. The van der Waals surface area contributed by atoms with Crippen molar-refractivity contribution in [2.75, 3.05) is 33.0 Å². The van der Waals surface area contributed by atoms with E-state index in [9.17, 15) is 10.2 Å². The summed E-state index contributed by atoms with van der Waals surface area (Å²) in [4.78, 5) is 0. The van der Waals surface area contributed by atoms with E-state index < -0.39 is 17.8 Å². The van der Waals surface area contributed by atoms with E-state index in [-0.39, 0.29) is 45.2 Å². The van der Waals surface area contributed by atoms with Crippen LogP contribution < -0.4 is 0 Å². The third-order valence-corrected chi connectivity index (χ3v) is 3.58. The van der Waals surface area contributed by atoms with Crippen molar-refractivity contribution in [3.63, 3.8) is 0 Å². The fourth-order valence-electron chi connectivity index (χ4n) is 1.90. The summed E-state index contributed by atoms with van der Waals surface area (Å²) >= 11 is 0. The molecular formula is C15H32O7. The first-order valence-corrected chi connectivity index (χ1v) is 7.76. The minimum Gasteiger partial charge on any atom is -0.394 e. The van der Waals surface area contributed by atoms with Crippen LogP contribution in [0.2, 0.25) is 0 Å².